The number of anilines is 1. The Morgan fingerprint density at radius 1 is 1.09 bits per heavy atom. The molecule has 1 saturated carbocycles. The van der Waals surface area contributed by atoms with Crippen molar-refractivity contribution in [2.45, 2.75) is 55.3 Å². The SMILES string of the molecule is O=C([AsH][C@H]1CC[C@@H](c2ccc(NC(=O)N3C=C4C=CNC=C4C3)cc2)CC1)[C@H]1CCCO1. The van der Waals surface area contributed by atoms with Crippen LogP contribution in [-0.4, -0.2) is 50.5 Å². The number of allylic oxidation sites excluding steroid dienone is 1. The number of amides is 2. The second-order valence-electron chi connectivity index (χ2n) is 8.99. The zero-order valence-electron chi connectivity index (χ0n) is 18.2. The first kappa shape index (κ1) is 21.5. The monoisotopic (exact) mass is 495 g/mol. The van der Waals surface area contributed by atoms with E-state index in [2.05, 4.69) is 22.8 Å². The van der Waals surface area contributed by atoms with E-state index < -0.39 is 15.8 Å². The molecule has 6 nitrogen and oxygen atoms in total. The third-order valence-electron chi connectivity index (χ3n) is 6.81. The first-order chi connectivity index (χ1) is 15.7. The van der Waals surface area contributed by atoms with E-state index in [-0.39, 0.29) is 12.1 Å². The molecule has 3 aliphatic heterocycles. The van der Waals surface area contributed by atoms with Gasteiger partial charge in [0.25, 0.3) is 0 Å². The Morgan fingerprint density at radius 3 is 2.62 bits per heavy atom. The van der Waals surface area contributed by atoms with Crippen molar-refractivity contribution in [3.05, 3.63) is 65.7 Å². The Labute approximate surface area is 195 Å². The molecule has 2 N–H and O–H groups in total. The van der Waals surface area contributed by atoms with Gasteiger partial charge < -0.3 is 5.32 Å². The summed E-state index contributed by atoms with van der Waals surface area (Å²) in [5.41, 5.74) is 4.35. The normalized spacial score (nSPS) is 27.1. The molecule has 4 aliphatic rings. The quantitative estimate of drug-likeness (QED) is 0.606. The van der Waals surface area contributed by atoms with Crippen LogP contribution in [0.4, 0.5) is 10.5 Å². The zero-order chi connectivity index (χ0) is 21.9. The number of dihydropyridines is 1. The van der Waals surface area contributed by atoms with Crippen molar-refractivity contribution in [2.24, 2.45) is 0 Å². The maximum atomic E-state index is 12.6. The molecule has 2 fully saturated rings. The second kappa shape index (κ2) is 9.68. The van der Waals surface area contributed by atoms with Gasteiger partial charge in [0.2, 0.25) is 0 Å². The first-order valence-corrected chi connectivity index (χ1v) is 13.8. The summed E-state index contributed by atoms with van der Waals surface area (Å²) in [5, 5.41) is 6.07. The van der Waals surface area contributed by atoms with Crippen molar-refractivity contribution >= 4 is 32.0 Å². The summed E-state index contributed by atoms with van der Waals surface area (Å²) < 4.78 is 6.64. The van der Waals surface area contributed by atoms with E-state index in [1.54, 1.807) is 4.90 Å². The van der Waals surface area contributed by atoms with Gasteiger partial charge in [0.1, 0.15) is 0 Å². The molecule has 0 aromatic heterocycles. The van der Waals surface area contributed by atoms with E-state index in [1.807, 2.05) is 36.8 Å². The van der Waals surface area contributed by atoms with Gasteiger partial charge in [-0.3, -0.25) is 0 Å². The van der Waals surface area contributed by atoms with Crippen molar-refractivity contribution in [2.75, 3.05) is 18.5 Å². The van der Waals surface area contributed by atoms with Crippen molar-refractivity contribution in [3.8, 4) is 0 Å². The molecular formula is C25H30AsN3O3. The summed E-state index contributed by atoms with van der Waals surface area (Å²) in [5.74, 6) is 0.554. The van der Waals surface area contributed by atoms with E-state index >= 15 is 0 Å². The van der Waals surface area contributed by atoms with Crippen molar-refractivity contribution < 1.29 is 14.3 Å². The van der Waals surface area contributed by atoms with Crippen molar-refractivity contribution in [3.63, 3.8) is 0 Å². The van der Waals surface area contributed by atoms with E-state index in [0.29, 0.717) is 21.7 Å². The number of rotatable bonds is 5. The molecular weight excluding hydrogens is 465 g/mol. The molecule has 1 unspecified atom stereocenters. The number of ether oxygens (including phenoxy) is 1. The molecule has 7 heteroatoms. The molecule has 1 saturated heterocycles. The number of urea groups is 1. The molecule has 0 spiro atoms. The number of nitrogens with zero attached hydrogens (tertiary/aromatic N) is 1. The number of hydrogen-bond donors (Lipinski definition) is 2. The average Bonchev–Trinajstić information content (AvgIpc) is 3.50. The van der Waals surface area contributed by atoms with Gasteiger partial charge in [0.15, 0.2) is 0 Å². The third-order valence-corrected chi connectivity index (χ3v) is 10.2. The maximum absolute atomic E-state index is 12.6. The molecule has 32 heavy (non-hydrogen) atoms. The predicted octanol–water partition coefficient (Wildman–Crippen LogP) is 4.01. The third kappa shape index (κ3) is 4.87. The topological polar surface area (TPSA) is 70.7 Å². The Kier molecular flexibility index (Phi) is 6.51. The number of nitrogens with one attached hydrogen (secondary N) is 2. The van der Waals surface area contributed by atoms with Gasteiger partial charge in [-0.05, 0) is 17.2 Å². The summed E-state index contributed by atoms with van der Waals surface area (Å²) >= 11 is -0.570. The van der Waals surface area contributed by atoms with Gasteiger partial charge in [-0.15, -0.1) is 0 Å². The fourth-order valence-electron chi connectivity index (χ4n) is 4.95. The Morgan fingerprint density at radius 2 is 1.91 bits per heavy atom. The minimum atomic E-state index is -0.570. The molecule has 168 valence electrons. The number of benzene rings is 1. The molecule has 1 aliphatic carbocycles. The molecule has 1 aromatic rings. The van der Waals surface area contributed by atoms with Crippen LogP contribution in [0, 0.1) is 0 Å². The Bertz CT molecular complexity index is 955. The van der Waals surface area contributed by atoms with E-state index in [0.717, 1.165) is 62.0 Å². The molecule has 2 amide bonds. The van der Waals surface area contributed by atoms with E-state index in [1.165, 1.54) is 5.56 Å². The van der Waals surface area contributed by atoms with Crippen LogP contribution in [0.1, 0.15) is 50.0 Å². The van der Waals surface area contributed by atoms with Crippen LogP contribution in [0.3, 0.4) is 0 Å². The summed E-state index contributed by atoms with van der Waals surface area (Å²) in [6.07, 6.45) is 14.2. The summed E-state index contributed by atoms with van der Waals surface area (Å²) in [7, 11) is 0. The molecule has 0 radical (unpaired) electrons. The van der Waals surface area contributed by atoms with Gasteiger partial charge in [-0.2, -0.15) is 0 Å². The van der Waals surface area contributed by atoms with Gasteiger partial charge in [-0.25, -0.2) is 0 Å². The molecule has 2 atom stereocenters. The number of fused-ring (bicyclic) bond motifs is 1. The second-order valence-corrected chi connectivity index (χ2v) is 12.3. The molecule has 3 heterocycles. The van der Waals surface area contributed by atoms with Crippen LogP contribution < -0.4 is 10.6 Å². The van der Waals surface area contributed by atoms with Gasteiger partial charge in [0.05, 0.1) is 0 Å². The average molecular weight is 495 g/mol. The fraction of sp³-hybridized carbons (Fsp3) is 0.440. The Hall–Kier alpha value is -2.30. The standard InChI is InChI=1S/C25H30AsN3O3/c30-24(23-2-1-13-32-23)26-21-7-3-17(4-8-21)18-5-9-22(10-6-18)28-25(31)29-15-19-11-12-27-14-20(19)16-29/h5-6,9-12,14-15,17,21,23,26-27H,1-4,7-8,13,16H2,(H,28,31)/t17-,21+,23-/m1/s1. The summed E-state index contributed by atoms with van der Waals surface area (Å²) in [6.45, 7) is 1.34. The fourth-order valence-corrected chi connectivity index (χ4v) is 7.97. The van der Waals surface area contributed by atoms with E-state index in [4.69, 9.17) is 4.74 Å². The van der Waals surface area contributed by atoms with Crippen LogP contribution in [0.25, 0.3) is 0 Å². The summed E-state index contributed by atoms with van der Waals surface area (Å²) in [4.78, 5) is 26.8. The van der Waals surface area contributed by atoms with Gasteiger partial charge in [0, 0.05) is 12.4 Å². The summed E-state index contributed by atoms with van der Waals surface area (Å²) in [6, 6.07) is 8.18. The van der Waals surface area contributed by atoms with Crippen LogP contribution >= 0.6 is 0 Å². The van der Waals surface area contributed by atoms with Crippen LogP contribution in [0.5, 0.6) is 0 Å². The number of carbonyl (C=O) groups excluding carboxylic acids is 2. The van der Waals surface area contributed by atoms with Gasteiger partial charge >= 0.3 is 161 Å². The van der Waals surface area contributed by atoms with Crippen LogP contribution in [0.2, 0.25) is 4.71 Å². The zero-order valence-corrected chi connectivity index (χ0v) is 20.3. The Balaban J connectivity index is 1.10. The van der Waals surface area contributed by atoms with Crippen molar-refractivity contribution in [1.29, 1.82) is 0 Å². The van der Waals surface area contributed by atoms with E-state index in [9.17, 15) is 9.59 Å². The van der Waals surface area contributed by atoms with Crippen molar-refractivity contribution in [1.82, 2.24) is 10.2 Å². The van der Waals surface area contributed by atoms with Crippen LogP contribution in [0.15, 0.2) is 60.1 Å². The molecule has 0 bridgehead atoms. The minimum absolute atomic E-state index is 0.0823. The van der Waals surface area contributed by atoms with Crippen LogP contribution in [-0.2, 0) is 9.53 Å². The number of carbonyl (C=O) groups is 2. The molecule has 1 aromatic carbocycles. The first-order valence-electron chi connectivity index (χ1n) is 11.6. The number of hydrogen-bond acceptors (Lipinski definition) is 4. The van der Waals surface area contributed by atoms with Gasteiger partial charge in [-0.1, -0.05) is 0 Å². The predicted molar refractivity (Wildman–Crippen MR) is 127 cm³/mol. The molecule has 5 rings (SSSR count).